The SMILES string of the molecule is CC(=O)O[C@H](C[C@@]1(C(C)=O)C=CC(=O)OC1(C)C)[C@]1(C)C=CC[C@@]2(C)[C@H](c3ccoc3)OC(=O)[C@H]3O[C@@]312. The van der Waals surface area contributed by atoms with Gasteiger partial charge < -0.3 is 23.4 Å². The molecule has 0 unspecified atom stereocenters. The van der Waals surface area contributed by atoms with Gasteiger partial charge in [-0.25, -0.2) is 9.59 Å². The number of epoxide rings is 1. The standard InChI is InChI=1S/C28H32O9/c1-16(29)27(12-8-20(31)36-24(27,3)4)14-19(34-17(2)30)25(5)10-7-11-26(6)21(18-9-13-33-15-18)35-23(32)22-28(25,26)37-22/h7-10,12-13,15,19,21-22H,11,14H2,1-6H3/t19-,21+,22-,25+,26+,27-,28+/m1/s1. The first-order valence-corrected chi connectivity index (χ1v) is 12.4. The molecule has 1 aromatic heterocycles. The van der Waals surface area contributed by atoms with E-state index in [1.54, 1.807) is 32.3 Å². The highest BCUT2D eigenvalue weighted by Gasteiger charge is 2.84. The second-order valence-corrected chi connectivity index (χ2v) is 11.5. The number of furan rings is 1. The Hall–Kier alpha value is -3.20. The van der Waals surface area contributed by atoms with E-state index in [0.29, 0.717) is 12.0 Å². The fraction of sp³-hybridized carbons (Fsp3) is 0.571. The molecule has 9 nitrogen and oxygen atoms in total. The normalized spacial score (nSPS) is 40.1. The van der Waals surface area contributed by atoms with E-state index in [4.69, 9.17) is 23.4 Å². The maximum Gasteiger partial charge on any atom is 0.339 e. The molecule has 37 heavy (non-hydrogen) atoms. The lowest BCUT2D eigenvalue weighted by Crippen LogP contribution is -2.64. The van der Waals surface area contributed by atoms with Crippen LogP contribution in [0.3, 0.4) is 0 Å². The highest BCUT2D eigenvalue weighted by atomic mass is 16.7. The van der Waals surface area contributed by atoms with Gasteiger partial charge in [-0.15, -0.1) is 0 Å². The van der Waals surface area contributed by atoms with E-state index >= 15 is 0 Å². The summed E-state index contributed by atoms with van der Waals surface area (Å²) in [6, 6.07) is 1.76. The highest BCUT2D eigenvalue weighted by Crippen LogP contribution is 2.73. The van der Waals surface area contributed by atoms with Crippen molar-refractivity contribution in [3.63, 3.8) is 0 Å². The Bertz CT molecular complexity index is 1230. The summed E-state index contributed by atoms with van der Waals surface area (Å²) in [5, 5.41) is 0. The summed E-state index contributed by atoms with van der Waals surface area (Å²) in [6.07, 6.45) is 7.88. The maximum absolute atomic E-state index is 13.2. The van der Waals surface area contributed by atoms with Gasteiger partial charge >= 0.3 is 17.9 Å². The average molecular weight is 513 g/mol. The van der Waals surface area contributed by atoms with Crippen LogP contribution in [0.1, 0.15) is 66.1 Å². The largest absolute Gasteiger partial charge is 0.472 e. The van der Waals surface area contributed by atoms with E-state index in [-0.39, 0.29) is 12.2 Å². The van der Waals surface area contributed by atoms with Crippen LogP contribution in [-0.2, 0) is 38.1 Å². The lowest BCUT2D eigenvalue weighted by molar-refractivity contribution is -0.191. The van der Waals surface area contributed by atoms with E-state index in [9.17, 15) is 19.2 Å². The zero-order valence-corrected chi connectivity index (χ0v) is 21.9. The van der Waals surface area contributed by atoms with E-state index in [2.05, 4.69) is 0 Å². The quantitative estimate of drug-likeness (QED) is 0.243. The number of allylic oxidation sites excluding steroid dienone is 1. The fourth-order valence-corrected chi connectivity index (χ4v) is 7.12. The second-order valence-electron chi connectivity index (χ2n) is 11.5. The number of Topliss-reactive ketones (excluding diaryl/α,β-unsaturated/α-hetero) is 1. The van der Waals surface area contributed by atoms with Crippen molar-refractivity contribution in [1.82, 2.24) is 0 Å². The first-order valence-electron chi connectivity index (χ1n) is 12.4. The summed E-state index contributed by atoms with van der Waals surface area (Å²) >= 11 is 0. The number of cyclic esters (lactones) is 2. The van der Waals surface area contributed by atoms with Crippen LogP contribution in [0.4, 0.5) is 0 Å². The average Bonchev–Trinajstić information content (AvgIpc) is 3.36. The van der Waals surface area contributed by atoms with Gasteiger partial charge in [0.1, 0.15) is 29.2 Å². The number of hydrogen-bond donors (Lipinski definition) is 0. The van der Waals surface area contributed by atoms with Gasteiger partial charge in [-0.3, -0.25) is 9.59 Å². The predicted octanol–water partition coefficient (Wildman–Crippen LogP) is 3.78. The Morgan fingerprint density at radius 3 is 2.43 bits per heavy atom. The van der Waals surface area contributed by atoms with Crippen LogP contribution in [0.15, 0.2) is 47.3 Å². The zero-order chi connectivity index (χ0) is 27.0. The number of ketones is 1. The third-order valence-corrected chi connectivity index (χ3v) is 9.19. The monoisotopic (exact) mass is 512 g/mol. The molecular weight excluding hydrogens is 480 g/mol. The third-order valence-electron chi connectivity index (χ3n) is 9.19. The number of hydrogen-bond acceptors (Lipinski definition) is 9. The maximum atomic E-state index is 13.2. The van der Waals surface area contributed by atoms with Crippen molar-refractivity contribution < 1.29 is 42.5 Å². The fourth-order valence-electron chi connectivity index (χ4n) is 7.12. The molecule has 4 aliphatic rings. The summed E-state index contributed by atoms with van der Waals surface area (Å²) < 4.78 is 29.0. The molecule has 4 heterocycles. The van der Waals surface area contributed by atoms with Crippen molar-refractivity contribution >= 4 is 23.7 Å². The molecule has 3 aliphatic heterocycles. The molecule has 1 spiro atoms. The lowest BCUT2D eigenvalue weighted by atomic mass is 9.50. The minimum atomic E-state index is -1.29. The number of esters is 3. The molecule has 7 atom stereocenters. The Kier molecular flexibility index (Phi) is 5.43. The molecule has 0 N–H and O–H groups in total. The van der Waals surface area contributed by atoms with Gasteiger partial charge in [-0.1, -0.05) is 25.2 Å². The van der Waals surface area contributed by atoms with E-state index in [1.807, 2.05) is 26.0 Å². The van der Waals surface area contributed by atoms with Crippen LogP contribution < -0.4 is 0 Å². The zero-order valence-electron chi connectivity index (χ0n) is 21.9. The van der Waals surface area contributed by atoms with Crippen molar-refractivity contribution in [3.8, 4) is 0 Å². The van der Waals surface area contributed by atoms with Gasteiger partial charge in [0, 0.05) is 30.4 Å². The number of carbonyl (C=O) groups excluding carboxylic acids is 4. The Morgan fingerprint density at radius 1 is 1.11 bits per heavy atom. The van der Waals surface area contributed by atoms with Crippen LogP contribution >= 0.6 is 0 Å². The Morgan fingerprint density at radius 2 is 1.84 bits per heavy atom. The van der Waals surface area contributed by atoms with Gasteiger partial charge in [0.2, 0.25) is 0 Å². The van der Waals surface area contributed by atoms with Crippen molar-refractivity contribution in [2.24, 2.45) is 16.2 Å². The van der Waals surface area contributed by atoms with Crippen molar-refractivity contribution in [3.05, 3.63) is 48.5 Å². The molecule has 0 radical (unpaired) electrons. The lowest BCUT2D eigenvalue weighted by Gasteiger charge is -2.55. The van der Waals surface area contributed by atoms with Gasteiger partial charge in [-0.2, -0.15) is 0 Å². The summed E-state index contributed by atoms with van der Waals surface area (Å²) in [5.74, 6) is -1.84. The van der Waals surface area contributed by atoms with Gasteiger partial charge in [-0.05, 0) is 40.2 Å². The number of ether oxygens (including phenoxy) is 4. The predicted molar refractivity (Wildman–Crippen MR) is 128 cm³/mol. The molecule has 5 rings (SSSR count). The Labute approximate surface area is 215 Å². The first-order chi connectivity index (χ1) is 17.2. The molecule has 0 amide bonds. The number of carbonyl (C=O) groups is 4. The van der Waals surface area contributed by atoms with E-state index in [1.165, 1.54) is 26.2 Å². The summed E-state index contributed by atoms with van der Waals surface area (Å²) in [6.45, 7) is 9.96. The molecule has 1 aromatic rings. The summed E-state index contributed by atoms with van der Waals surface area (Å²) in [4.78, 5) is 50.9. The highest BCUT2D eigenvalue weighted by molar-refractivity contribution is 5.92. The molecule has 198 valence electrons. The van der Waals surface area contributed by atoms with Crippen molar-refractivity contribution in [2.75, 3.05) is 0 Å². The van der Waals surface area contributed by atoms with Crippen LogP contribution in [0.25, 0.3) is 0 Å². The van der Waals surface area contributed by atoms with Gasteiger partial charge in [0.05, 0.1) is 23.4 Å². The molecule has 9 heteroatoms. The number of rotatable bonds is 6. The smallest absolute Gasteiger partial charge is 0.339 e. The summed E-state index contributed by atoms with van der Waals surface area (Å²) in [7, 11) is 0. The Balaban J connectivity index is 1.65. The third kappa shape index (κ3) is 3.25. The van der Waals surface area contributed by atoms with Crippen molar-refractivity contribution in [1.29, 1.82) is 0 Å². The molecule has 0 saturated carbocycles. The topological polar surface area (TPSA) is 122 Å². The van der Waals surface area contributed by atoms with Crippen LogP contribution in [0, 0.1) is 16.2 Å². The molecule has 2 fully saturated rings. The minimum absolute atomic E-state index is 0.0128. The molecule has 0 bridgehead atoms. The van der Waals surface area contributed by atoms with Gasteiger partial charge in [0.15, 0.2) is 6.10 Å². The van der Waals surface area contributed by atoms with Crippen molar-refractivity contribution in [2.45, 2.75) is 83.9 Å². The van der Waals surface area contributed by atoms with E-state index in [0.717, 1.165) is 0 Å². The first kappa shape index (κ1) is 25.4. The van der Waals surface area contributed by atoms with Crippen LogP contribution in [0.5, 0.6) is 0 Å². The molecule has 0 aromatic carbocycles. The second kappa shape index (κ2) is 7.90. The minimum Gasteiger partial charge on any atom is -0.472 e. The summed E-state index contributed by atoms with van der Waals surface area (Å²) in [5.41, 5.74) is -4.64. The molecule has 1 aliphatic carbocycles. The molecule has 2 saturated heterocycles. The van der Waals surface area contributed by atoms with Gasteiger partial charge in [0.25, 0.3) is 0 Å². The molecular formula is C28H32O9. The van der Waals surface area contributed by atoms with E-state index < -0.39 is 63.7 Å². The van der Waals surface area contributed by atoms with Crippen LogP contribution in [-0.4, -0.2) is 47.1 Å². The van der Waals surface area contributed by atoms with Crippen LogP contribution in [0.2, 0.25) is 0 Å².